The summed E-state index contributed by atoms with van der Waals surface area (Å²) in [5.74, 6) is 0.493. The van der Waals surface area contributed by atoms with Crippen LogP contribution in [0.4, 0.5) is 5.69 Å². The third kappa shape index (κ3) is 4.54. The largest absolute Gasteiger partial charge is 0.454 e. The number of hydrogen-bond donors (Lipinski definition) is 1. The van der Waals surface area contributed by atoms with Gasteiger partial charge in [-0.3, -0.25) is 24.6 Å². The number of ether oxygens (including phenoxy) is 2. The van der Waals surface area contributed by atoms with Gasteiger partial charge in [-0.25, -0.2) is 0 Å². The number of carbonyl (C=O) groups is 2. The Morgan fingerprint density at radius 2 is 2.06 bits per heavy atom. The van der Waals surface area contributed by atoms with Gasteiger partial charge in [0.2, 0.25) is 6.79 Å². The van der Waals surface area contributed by atoms with Crippen molar-refractivity contribution in [2.45, 2.75) is 0 Å². The minimum atomic E-state index is -0.597. The highest BCUT2D eigenvalue weighted by molar-refractivity contribution is 8.26. The van der Waals surface area contributed by atoms with Crippen LogP contribution < -0.4 is 14.8 Å². The minimum absolute atomic E-state index is 0.0334. The van der Waals surface area contributed by atoms with Crippen LogP contribution >= 0.6 is 35.6 Å². The van der Waals surface area contributed by atoms with Crippen LogP contribution in [0.3, 0.4) is 0 Å². The molecule has 9 nitrogen and oxygen atoms in total. The molecule has 2 aromatic rings. The van der Waals surface area contributed by atoms with E-state index in [1.54, 1.807) is 18.2 Å². The molecule has 0 bridgehead atoms. The first-order valence-electron chi connectivity index (χ1n) is 9.20. The van der Waals surface area contributed by atoms with Crippen LogP contribution in [0, 0.1) is 10.1 Å². The van der Waals surface area contributed by atoms with Gasteiger partial charge in [0.15, 0.2) is 11.5 Å². The van der Waals surface area contributed by atoms with E-state index in [-0.39, 0.29) is 42.1 Å². The van der Waals surface area contributed by atoms with Crippen LogP contribution in [0.5, 0.6) is 11.5 Å². The van der Waals surface area contributed by atoms with Crippen molar-refractivity contribution in [1.29, 1.82) is 0 Å². The second-order valence-electron chi connectivity index (χ2n) is 6.62. The van der Waals surface area contributed by atoms with Crippen molar-refractivity contribution < 1.29 is 24.0 Å². The smallest absolute Gasteiger partial charge is 0.270 e. The summed E-state index contributed by atoms with van der Waals surface area (Å²) in [5, 5.41) is 13.4. The summed E-state index contributed by atoms with van der Waals surface area (Å²) in [5.41, 5.74) is 0.666. The number of halogens is 1. The highest BCUT2D eigenvalue weighted by Crippen LogP contribution is 2.36. The molecule has 1 N–H and O–H groups in total. The molecule has 2 heterocycles. The summed E-state index contributed by atoms with van der Waals surface area (Å²) in [6.45, 7) is 0.451. The van der Waals surface area contributed by atoms with Crippen LogP contribution in [0.25, 0.3) is 6.08 Å². The van der Waals surface area contributed by atoms with Crippen LogP contribution in [-0.4, -0.2) is 45.8 Å². The molecule has 2 amide bonds. The molecule has 1 saturated heterocycles. The Balaban J connectivity index is 1.37. The lowest BCUT2D eigenvalue weighted by atomic mass is 10.2. The number of nitrogens with one attached hydrogen (secondary N) is 1. The summed E-state index contributed by atoms with van der Waals surface area (Å²) in [4.78, 5) is 37.1. The Hall–Kier alpha value is -3.15. The molecule has 0 aliphatic carbocycles. The molecule has 2 aliphatic rings. The van der Waals surface area contributed by atoms with E-state index >= 15 is 0 Å². The van der Waals surface area contributed by atoms with Crippen LogP contribution in [0.2, 0.25) is 5.02 Å². The zero-order valence-electron chi connectivity index (χ0n) is 16.2. The molecule has 0 unspecified atom stereocenters. The molecule has 0 radical (unpaired) electrons. The second kappa shape index (κ2) is 9.15. The molecule has 164 valence electrons. The zero-order valence-corrected chi connectivity index (χ0v) is 18.6. The lowest BCUT2D eigenvalue weighted by Gasteiger charge is -2.15. The van der Waals surface area contributed by atoms with Gasteiger partial charge in [-0.15, -0.1) is 0 Å². The Morgan fingerprint density at radius 1 is 1.28 bits per heavy atom. The number of hydrogen-bond acceptors (Lipinski definition) is 8. The topological polar surface area (TPSA) is 111 Å². The second-order valence-corrected chi connectivity index (χ2v) is 8.71. The first-order chi connectivity index (χ1) is 15.3. The number of benzene rings is 2. The predicted molar refractivity (Wildman–Crippen MR) is 123 cm³/mol. The van der Waals surface area contributed by atoms with Crippen LogP contribution in [0.1, 0.15) is 15.9 Å². The number of nitro groups is 1. The molecule has 0 atom stereocenters. The number of nitro benzene ring substituents is 1. The molecule has 12 heteroatoms. The number of carbonyl (C=O) groups excluding carboxylic acids is 2. The van der Waals surface area contributed by atoms with Gasteiger partial charge >= 0.3 is 0 Å². The summed E-state index contributed by atoms with van der Waals surface area (Å²) in [6.07, 6.45) is 1.72. The third-order valence-electron chi connectivity index (χ3n) is 4.60. The van der Waals surface area contributed by atoms with E-state index in [4.69, 9.17) is 33.3 Å². The number of amides is 2. The van der Waals surface area contributed by atoms with Crippen molar-refractivity contribution in [1.82, 2.24) is 10.2 Å². The predicted octanol–water partition coefficient (Wildman–Crippen LogP) is 3.61. The van der Waals surface area contributed by atoms with Crippen molar-refractivity contribution >= 4 is 63.5 Å². The number of thioether (sulfide) groups is 1. The molecule has 0 aromatic heterocycles. The quantitative estimate of drug-likeness (QED) is 0.282. The maximum absolute atomic E-state index is 12.8. The highest BCUT2D eigenvalue weighted by Gasteiger charge is 2.32. The van der Waals surface area contributed by atoms with Gasteiger partial charge in [-0.2, -0.15) is 0 Å². The fourth-order valence-electron chi connectivity index (χ4n) is 3.03. The molecule has 1 fully saturated rings. The van der Waals surface area contributed by atoms with Crippen molar-refractivity contribution in [3.63, 3.8) is 0 Å². The Kier molecular flexibility index (Phi) is 6.31. The molecule has 0 spiro atoms. The number of rotatable bonds is 6. The minimum Gasteiger partial charge on any atom is -0.454 e. The summed E-state index contributed by atoms with van der Waals surface area (Å²) < 4.78 is 11.0. The first-order valence-corrected chi connectivity index (χ1v) is 10.8. The maximum atomic E-state index is 12.8. The third-order valence-corrected chi connectivity index (χ3v) is 6.29. The molecule has 0 saturated carbocycles. The van der Waals surface area contributed by atoms with Gasteiger partial charge in [0.05, 0.1) is 20.4 Å². The molecule has 2 aliphatic heterocycles. The maximum Gasteiger partial charge on any atom is 0.270 e. The SMILES string of the molecule is O=C(NCCN1C(=O)C(=Cc2ccc3c(c2)OCO3)SC1=S)c1ccc([N+](=O)[O-])cc1Cl. The van der Waals surface area contributed by atoms with E-state index in [2.05, 4.69) is 5.32 Å². The summed E-state index contributed by atoms with van der Waals surface area (Å²) in [6, 6.07) is 8.96. The number of nitrogens with zero attached hydrogens (tertiary/aromatic N) is 2. The van der Waals surface area contributed by atoms with Gasteiger partial charge in [0, 0.05) is 25.2 Å². The average Bonchev–Trinajstić information content (AvgIpc) is 3.32. The number of thiocarbonyl (C=S) groups is 1. The van der Waals surface area contributed by atoms with Crippen LogP contribution in [-0.2, 0) is 4.79 Å². The van der Waals surface area contributed by atoms with Crippen LogP contribution in [0.15, 0.2) is 41.3 Å². The van der Waals surface area contributed by atoms with Gasteiger partial charge in [0.1, 0.15) is 4.32 Å². The van der Waals surface area contributed by atoms with Crippen molar-refractivity contribution in [2.75, 3.05) is 19.9 Å². The molecule has 4 rings (SSSR count). The molecule has 32 heavy (non-hydrogen) atoms. The van der Waals surface area contributed by atoms with E-state index < -0.39 is 10.8 Å². The van der Waals surface area contributed by atoms with Gasteiger partial charge in [0.25, 0.3) is 17.5 Å². The Labute approximate surface area is 196 Å². The summed E-state index contributed by atoms with van der Waals surface area (Å²) >= 11 is 12.5. The van der Waals surface area contributed by atoms with E-state index in [1.165, 1.54) is 28.8 Å². The van der Waals surface area contributed by atoms with E-state index in [1.807, 2.05) is 6.07 Å². The van der Waals surface area contributed by atoms with Crippen molar-refractivity contribution in [3.05, 3.63) is 67.6 Å². The average molecular weight is 492 g/mol. The number of fused-ring (bicyclic) bond motifs is 1. The standard InChI is InChI=1S/C20H14ClN3O6S2/c21-14-9-12(24(27)28)2-3-13(14)18(25)22-5-6-23-19(26)17(32-20(23)31)8-11-1-4-15-16(7-11)30-10-29-15/h1-4,7-9H,5-6,10H2,(H,22,25). The van der Waals surface area contributed by atoms with E-state index in [0.29, 0.717) is 20.7 Å². The Bertz CT molecular complexity index is 1190. The lowest BCUT2D eigenvalue weighted by molar-refractivity contribution is -0.384. The van der Waals surface area contributed by atoms with E-state index in [0.717, 1.165) is 11.6 Å². The fraction of sp³-hybridized carbons (Fsp3) is 0.150. The molecular weight excluding hydrogens is 478 g/mol. The molecule has 2 aromatic carbocycles. The fourth-order valence-corrected chi connectivity index (χ4v) is 4.59. The van der Waals surface area contributed by atoms with E-state index in [9.17, 15) is 19.7 Å². The van der Waals surface area contributed by atoms with Gasteiger partial charge < -0.3 is 14.8 Å². The van der Waals surface area contributed by atoms with Crippen molar-refractivity contribution in [2.24, 2.45) is 0 Å². The normalized spacial score (nSPS) is 16.0. The highest BCUT2D eigenvalue weighted by atomic mass is 35.5. The zero-order chi connectivity index (χ0) is 22.8. The number of non-ortho nitro benzene ring substituents is 1. The Morgan fingerprint density at radius 3 is 2.81 bits per heavy atom. The first kappa shape index (κ1) is 22.1. The van der Waals surface area contributed by atoms with Gasteiger partial charge in [-0.1, -0.05) is 41.6 Å². The monoisotopic (exact) mass is 491 g/mol. The van der Waals surface area contributed by atoms with Gasteiger partial charge in [-0.05, 0) is 29.8 Å². The molecular formula is C20H14ClN3O6S2. The lowest BCUT2D eigenvalue weighted by Crippen LogP contribution is -2.37. The van der Waals surface area contributed by atoms with Crippen molar-refractivity contribution in [3.8, 4) is 11.5 Å². The summed E-state index contributed by atoms with van der Waals surface area (Å²) in [7, 11) is 0.